The smallest absolute Gasteiger partial charge is 0.309 e. The molecule has 1 aliphatic heterocycles. The molecule has 1 aromatic carbocycles. The quantitative estimate of drug-likeness (QED) is 0.797. The fourth-order valence-corrected chi connectivity index (χ4v) is 2.10. The number of aromatic hydroxyl groups is 1. The van der Waals surface area contributed by atoms with Gasteiger partial charge in [0, 0.05) is 12.5 Å². The highest BCUT2D eigenvalue weighted by Crippen LogP contribution is 2.32. The van der Waals surface area contributed by atoms with Gasteiger partial charge in [0.2, 0.25) is 0 Å². The molecule has 0 saturated carbocycles. The number of hydrogen-bond donors (Lipinski definition) is 2. The first kappa shape index (κ1) is 11.0. The number of phenolic OH excluding ortho intramolecular Hbond substituents is 1. The monoisotopic (exact) mass is 222 g/mol. The maximum absolute atomic E-state index is 11.1. The van der Waals surface area contributed by atoms with Crippen LogP contribution in [0.2, 0.25) is 0 Å². The molecule has 4 heteroatoms. The average molecular weight is 222 g/mol. The first-order valence-electron chi connectivity index (χ1n) is 5.28. The standard InChI is InChI=1S/C12H14O4/c13-9-3-1-8(2-4-9)10-5-6-16-7-11(10)12(14)15/h1-4,10-11,13H,5-7H2,(H,14,15). The Morgan fingerprint density at radius 1 is 1.31 bits per heavy atom. The Bertz CT molecular complexity index is 371. The fourth-order valence-electron chi connectivity index (χ4n) is 2.10. The zero-order chi connectivity index (χ0) is 11.5. The maximum atomic E-state index is 11.1. The van der Waals surface area contributed by atoms with Crippen LogP contribution in [0.5, 0.6) is 5.75 Å². The van der Waals surface area contributed by atoms with Crippen molar-refractivity contribution < 1.29 is 19.7 Å². The predicted octanol–water partition coefficient (Wildman–Crippen LogP) is 1.60. The second-order valence-corrected chi connectivity index (χ2v) is 4.01. The minimum Gasteiger partial charge on any atom is -0.508 e. The molecule has 1 saturated heterocycles. The van der Waals surface area contributed by atoms with Gasteiger partial charge < -0.3 is 14.9 Å². The van der Waals surface area contributed by atoms with E-state index in [1.54, 1.807) is 24.3 Å². The Kier molecular flexibility index (Phi) is 3.10. The Morgan fingerprint density at radius 3 is 2.62 bits per heavy atom. The maximum Gasteiger partial charge on any atom is 0.309 e. The first-order chi connectivity index (χ1) is 7.68. The third kappa shape index (κ3) is 2.17. The number of rotatable bonds is 2. The average Bonchev–Trinajstić information content (AvgIpc) is 2.30. The highest BCUT2D eigenvalue weighted by atomic mass is 16.5. The molecule has 0 bridgehead atoms. The van der Waals surface area contributed by atoms with E-state index in [9.17, 15) is 9.90 Å². The van der Waals surface area contributed by atoms with Crippen molar-refractivity contribution in [3.63, 3.8) is 0 Å². The van der Waals surface area contributed by atoms with Crippen molar-refractivity contribution in [1.82, 2.24) is 0 Å². The zero-order valence-corrected chi connectivity index (χ0v) is 8.80. The van der Waals surface area contributed by atoms with Gasteiger partial charge in [0.1, 0.15) is 5.75 Å². The number of aliphatic carboxylic acids is 1. The van der Waals surface area contributed by atoms with E-state index in [1.165, 1.54) is 0 Å². The molecule has 0 spiro atoms. The van der Waals surface area contributed by atoms with Crippen LogP contribution in [-0.4, -0.2) is 29.4 Å². The molecular weight excluding hydrogens is 208 g/mol. The Balaban J connectivity index is 2.23. The van der Waals surface area contributed by atoms with Crippen molar-refractivity contribution in [2.75, 3.05) is 13.2 Å². The first-order valence-corrected chi connectivity index (χ1v) is 5.28. The summed E-state index contributed by atoms with van der Waals surface area (Å²) in [5, 5.41) is 18.3. The molecule has 1 fully saturated rings. The van der Waals surface area contributed by atoms with Crippen LogP contribution in [0.4, 0.5) is 0 Å². The van der Waals surface area contributed by atoms with Crippen molar-refractivity contribution in [1.29, 1.82) is 0 Å². The number of ether oxygens (including phenoxy) is 1. The number of carboxylic acid groups (broad SMARTS) is 1. The van der Waals surface area contributed by atoms with Crippen LogP contribution in [0.1, 0.15) is 17.9 Å². The van der Waals surface area contributed by atoms with Crippen molar-refractivity contribution in [3.05, 3.63) is 29.8 Å². The van der Waals surface area contributed by atoms with Crippen molar-refractivity contribution in [3.8, 4) is 5.75 Å². The number of carboxylic acids is 1. The number of carbonyl (C=O) groups is 1. The van der Waals surface area contributed by atoms with Gasteiger partial charge >= 0.3 is 5.97 Å². The Labute approximate surface area is 93.5 Å². The number of hydrogen-bond acceptors (Lipinski definition) is 3. The van der Waals surface area contributed by atoms with Gasteiger partial charge in [0.15, 0.2) is 0 Å². The van der Waals surface area contributed by atoms with Crippen LogP contribution < -0.4 is 0 Å². The topological polar surface area (TPSA) is 66.8 Å². The third-order valence-corrected chi connectivity index (χ3v) is 2.99. The summed E-state index contributed by atoms with van der Waals surface area (Å²) in [5.41, 5.74) is 0.952. The molecule has 0 amide bonds. The van der Waals surface area contributed by atoms with Gasteiger partial charge in [-0.3, -0.25) is 4.79 Å². The van der Waals surface area contributed by atoms with Crippen LogP contribution in [0.25, 0.3) is 0 Å². The summed E-state index contributed by atoms with van der Waals surface area (Å²) in [6.45, 7) is 0.857. The van der Waals surface area contributed by atoms with E-state index in [1.807, 2.05) is 0 Å². The van der Waals surface area contributed by atoms with E-state index in [-0.39, 0.29) is 18.3 Å². The van der Waals surface area contributed by atoms with Gasteiger partial charge in [-0.15, -0.1) is 0 Å². The van der Waals surface area contributed by atoms with Gasteiger partial charge in [-0.2, -0.15) is 0 Å². The fraction of sp³-hybridized carbons (Fsp3) is 0.417. The minimum atomic E-state index is -0.822. The Morgan fingerprint density at radius 2 is 2.00 bits per heavy atom. The molecule has 0 radical (unpaired) electrons. The van der Waals surface area contributed by atoms with Crippen molar-refractivity contribution in [2.24, 2.45) is 5.92 Å². The second-order valence-electron chi connectivity index (χ2n) is 4.01. The van der Waals surface area contributed by atoms with Gasteiger partial charge in [-0.25, -0.2) is 0 Å². The van der Waals surface area contributed by atoms with Crippen molar-refractivity contribution in [2.45, 2.75) is 12.3 Å². The van der Waals surface area contributed by atoms with Crippen LogP contribution in [-0.2, 0) is 9.53 Å². The van der Waals surface area contributed by atoms with Crippen molar-refractivity contribution >= 4 is 5.97 Å². The SMILES string of the molecule is O=C(O)C1COCCC1c1ccc(O)cc1. The predicted molar refractivity (Wildman–Crippen MR) is 57.4 cm³/mol. The lowest BCUT2D eigenvalue weighted by atomic mass is 9.83. The molecule has 0 aromatic heterocycles. The molecule has 2 unspecified atom stereocenters. The molecule has 2 rings (SSSR count). The molecule has 2 N–H and O–H groups in total. The minimum absolute atomic E-state index is 0.0214. The van der Waals surface area contributed by atoms with E-state index in [0.29, 0.717) is 13.0 Å². The normalized spacial score (nSPS) is 25.2. The molecule has 1 heterocycles. The highest BCUT2D eigenvalue weighted by molar-refractivity contribution is 5.71. The summed E-state index contributed by atoms with van der Waals surface area (Å²) >= 11 is 0. The summed E-state index contributed by atoms with van der Waals surface area (Å²) in [6.07, 6.45) is 0.710. The summed E-state index contributed by atoms with van der Waals surface area (Å²) in [4.78, 5) is 11.1. The lowest BCUT2D eigenvalue weighted by Crippen LogP contribution is -2.32. The van der Waals surface area contributed by atoms with E-state index in [4.69, 9.17) is 9.84 Å². The summed E-state index contributed by atoms with van der Waals surface area (Å²) in [5.74, 6) is -1.13. The highest BCUT2D eigenvalue weighted by Gasteiger charge is 2.32. The van der Waals surface area contributed by atoms with Crippen LogP contribution in [0, 0.1) is 5.92 Å². The molecule has 2 atom stereocenters. The molecule has 1 aliphatic rings. The summed E-state index contributed by atoms with van der Waals surface area (Å²) in [7, 11) is 0. The summed E-state index contributed by atoms with van der Waals surface area (Å²) < 4.78 is 5.19. The molecule has 86 valence electrons. The second kappa shape index (κ2) is 4.53. The summed E-state index contributed by atoms with van der Waals surface area (Å²) in [6, 6.07) is 6.73. The number of phenols is 1. The molecule has 16 heavy (non-hydrogen) atoms. The van der Waals surface area contributed by atoms with Gasteiger partial charge in [0.05, 0.1) is 12.5 Å². The van der Waals surface area contributed by atoms with E-state index in [0.717, 1.165) is 5.56 Å². The van der Waals surface area contributed by atoms with Gasteiger partial charge in [-0.1, -0.05) is 12.1 Å². The van der Waals surface area contributed by atoms with Crippen LogP contribution >= 0.6 is 0 Å². The largest absolute Gasteiger partial charge is 0.508 e. The van der Waals surface area contributed by atoms with Crippen LogP contribution in [0.15, 0.2) is 24.3 Å². The molecule has 1 aromatic rings. The van der Waals surface area contributed by atoms with Crippen LogP contribution in [0.3, 0.4) is 0 Å². The number of benzene rings is 1. The van der Waals surface area contributed by atoms with E-state index < -0.39 is 11.9 Å². The lowest BCUT2D eigenvalue weighted by molar-refractivity contribution is -0.147. The zero-order valence-electron chi connectivity index (χ0n) is 8.80. The van der Waals surface area contributed by atoms with Gasteiger partial charge in [-0.05, 0) is 24.1 Å². The lowest BCUT2D eigenvalue weighted by Gasteiger charge is -2.28. The molecular formula is C12H14O4. The van der Waals surface area contributed by atoms with E-state index >= 15 is 0 Å². The Hall–Kier alpha value is -1.55. The van der Waals surface area contributed by atoms with E-state index in [2.05, 4.69) is 0 Å². The molecule has 0 aliphatic carbocycles. The third-order valence-electron chi connectivity index (χ3n) is 2.99. The van der Waals surface area contributed by atoms with Gasteiger partial charge in [0.25, 0.3) is 0 Å². The molecule has 4 nitrogen and oxygen atoms in total.